The van der Waals surface area contributed by atoms with E-state index >= 15 is 0 Å². The van der Waals surface area contributed by atoms with E-state index in [0.29, 0.717) is 30.2 Å². The Bertz CT molecular complexity index is 1120. The number of aromatic nitrogens is 5. The molecule has 1 aliphatic rings. The molecule has 3 heterocycles. The number of hydrogen-bond acceptors (Lipinski definition) is 6. The highest BCUT2D eigenvalue weighted by Gasteiger charge is 2.28. The first kappa shape index (κ1) is 17.2. The minimum atomic E-state index is -0.322. The van der Waals surface area contributed by atoms with Gasteiger partial charge in [-0.05, 0) is 42.0 Å². The lowest BCUT2D eigenvalue weighted by molar-refractivity contribution is -0.00117. The zero-order valence-corrected chi connectivity index (χ0v) is 16.0. The van der Waals surface area contributed by atoms with Crippen LogP contribution in [0.1, 0.15) is 17.4 Å². The zero-order valence-electron chi connectivity index (χ0n) is 14.4. The van der Waals surface area contributed by atoms with Gasteiger partial charge in [-0.2, -0.15) is 4.98 Å². The molecule has 0 bridgehead atoms. The van der Waals surface area contributed by atoms with Crippen molar-refractivity contribution < 1.29 is 13.7 Å². The maximum absolute atomic E-state index is 13.1. The monoisotopic (exact) mass is 441 g/mol. The largest absolute Gasteiger partial charge is 0.365 e. The number of fused-ring (bicyclic) bond motifs is 1. The Kier molecular flexibility index (Phi) is 4.25. The van der Waals surface area contributed by atoms with Gasteiger partial charge in [0.15, 0.2) is 5.69 Å². The van der Waals surface area contributed by atoms with Crippen LogP contribution in [0.15, 0.2) is 57.5 Å². The lowest BCUT2D eigenvalue weighted by atomic mass is 10.1. The van der Waals surface area contributed by atoms with Crippen LogP contribution in [0.3, 0.4) is 0 Å². The first-order valence-corrected chi connectivity index (χ1v) is 9.36. The molecule has 1 atom stereocenters. The smallest absolute Gasteiger partial charge is 0.280 e. The van der Waals surface area contributed by atoms with E-state index in [1.807, 2.05) is 24.3 Å². The van der Waals surface area contributed by atoms with Crippen LogP contribution in [0.25, 0.3) is 23.0 Å². The number of benzene rings is 2. The van der Waals surface area contributed by atoms with Gasteiger partial charge in [0.25, 0.3) is 5.89 Å². The summed E-state index contributed by atoms with van der Waals surface area (Å²) >= 11 is 3.44. The molecule has 9 heteroatoms. The SMILES string of the molecule is Fc1ccc(-c2noc(-c3nnn4c3CO[C@@H](c3ccc(Br)cc3)C4)n2)cc1. The van der Waals surface area contributed by atoms with E-state index in [2.05, 4.69) is 36.4 Å². The van der Waals surface area contributed by atoms with Crippen molar-refractivity contribution in [2.75, 3.05) is 0 Å². The third kappa shape index (κ3) is 3.12. The summed E-state index contributed by atoms with van der Waals surface area (Å²) < 4.78 is 27.3. The van der Waals surface area contributed by atoms with Gasteiger partial charge in [0.1, 0.15) is 11.9 Å². The summed E-state index contributed by atoms with van der Waals surface area (Å²) in [6.07, 6.45) is -0.104. The van der Waals surface area contributed by atoms with Crippen LogP contribution in [0.2, 0.25) is 0 Å². The van der Waals surface area contributed by atoms with Crippen LogP contribution in [-0.4, -0.2) is 25.1 Å². The molecule has 1 aliphatic heterocycles. The molecule has 0 saturated carbocycles. The summed E-state index contributed by atoms with van der Waals surface area (Å²) in [5, 5.41) is 12.4. The molecule has 28 heavy (non-hydrogen) atoms. The molecule has 0 spiro atoms. The number of halogens is 2. The van der Waals surface area contributed by atoms with E-state index in [0.717, 1.165) is 15.7 Å². The fourth-order valence-electron chi connectivity index (χ4n) is 3.09. The number of ether oxygens (including phenoxy) is 1. The van der Waals surface area contributed by atoms with Crippen LogP contribution in [0.5, 0.6) is 0 Å². The first-order valence-electron chi connectivity index (χ1n) is 8.57. The Morgan fingerprint density at radius 2 is 1.86 bits per heavy atom. The van der Waals surface area contributed by atoms with Crippen molar-refractivity contribution in [3.05, 3.63) is 70.1 Å². The second kappa shape index (κ2) is 6.92. The summed E-state index contributed by atoms with van der Waals surface area (Å²) in [6, 6.07) is 13.9. The second-order valence-electron chi connectivity index (χ2n) is 6.35. The Morgan fingerprint density at radius 3 is 2.64 bits per heavy atom. The summed E-state index contributed by atoms with van der Waals surface area (Å²) in [5.74, 6) is 0.296. The minimum absolute atomic E-state index is 0.104. The highest BCUT2D eigenvalue weighted by molar-refractivity contribution is 9.10. The molecule has 0 saturated heterocycles. The van der Waals surface area contributed by atoms with Gasteiger partial charge in [-0.1, -0.05) is 38.4 Å². The zero-order chi connectivity index (χ0) is 19.1. The van der Waals surface area contributed by atoms with Gasteiger partial charge in [0.2, 0.25) is 5.82 Å². The fourth-order valence-corrected chi connectivity index (χ4v) is 3.36. The Morgan fingerprint density at radius 1 is 1.07 bits per heavy atom. The van der Waals surface area contributed by atoms with E-state index in [-0.39, 0.29) is 17.8 Å². The Hall–Kier alpha value is -2.91. The van der Waals surface area contributed by atoms with Crippen molar-refractivity contribution in [2.45, 2.75) is 19.3 Å². The van der Waals surface area contributed by atoms with Gasteiger partial charge >= 0.3 is 0 Å². The Labute approximate surface area is 167 Å². The molecule has 0 fully saturated rings. The maximum atomic E-state index is 13.1. The average molecular weight is 442 g/mol. The summed E-state index contributed by atoms with van der Waals surface area (Å²) in [4.78, 5) is 4.37. The fraction of sp³-hybridized carbons (Fsp3) is 0.158. The lowest BCUT2D eigenvalue weighted by Gasteiger charge is -2.24. The molecule has 5 rings (SSSR count). The molecule has 0 aliphatic carbocycles. The van der Waals surface area contributed by atoms with Crippen LogP contribution in [0.4, 0.5) is 4.39 Å². The van der Waals surface area contributed by atoms with Gasteiger partial charge in [0.05, 0.1) is 18.8 Å². The number of nitrogens with zero attached hydrogens (tertiary/aromatic N) is 5. The van der Waals surface area contributed by atoms with Crippen molar-refractivity contribution in [3.63, 3.8) is 0 Å². The van der Waals surface area contributed by atoms with Crippen molar-refractivity contribution >= 4 is 15.9 Å². The quantitative estimate of drug-likeness (QED) is 0.474. The first-order chi connectivity index (χ1) is 13.7. The van der Waals surface area contributed by atoms with Crippen molar-refractivity contribution in [1.29, 1.82) is 0 Å². The predicted molar refractivity (Wildman–Crippen MR) is 100 cm³/mol. The molecule has 140 valence electrons. The molecular formula is C19H13BrFN5O2. The standard InChI is InChI=1S/C19H13BrFN5O2/c20-13-5-1-11(2-6-13)16-9-26-15(10-27-16)17(23-25-26)19-22-18(24-28-19)12-3-7-14(21)8-4-12/h1-8,16H,9-10H2/t16-/m1/s1. The van der Waals surface area contributed by atoms with Crippen LogP contribution in [0, 0.1) is 5.82 Å². The third-order valence-electron chi connectivity index (χ3n) is 4.57. The summed E-state index contributed by atoms with van der Waals surface area (Å²) in [5.41, 5.74) is 3.00. The van der Waals surface area contributed by atoms with E-state index in [1.165, 1.54) is 12.1 Å². The van der Waals surface area contributed by atoms with Gasteiger partial charge in [-0.15, -0.1) is 5.10 Å². The highest BCUT2D eigenvalue weighted by Crippen LogP contribution is 2.31. The van der Waals surface area contributed by atoms with E-state index in [9.17, 15) is 4.39 Å². The van der Waals surface area contributed by atoms with Gasteiger partial charge in [-0.25, -0.2) is 9.07 Å². The molecule has 7 nitrogen and oxygen atoms in total. The number of hydrogen-bond donors (Lipinski definition) is 0. The van der Waals surface area contributed by atoms with E-state index < -0.39 is 0 Å². The van der Waals surface area contributed by atoms with Gasteiger partial charge in [0, 0.05) is 10.0 Å². The van der Waals surface area contributed by atoms with Crippen molar-refractivity contribution in [2.24, 2.45) is 0 Å². The molecule has 0 N–H and O–H groups in total. The highest BCUT2D eigenvalue weighted by atomic mass is 79.9. The maximum Gasteiger partial charge on any atom is 0.280 e. The molecule has 0 radical (unpaired) electrons. The van der Waals surface area contributed by atoms with Crippen LogP contribution < -0.4 is 0 Å². The molecule has 2 aromatic carbocycles. The van der Waals surface area contributed by atoms with E-state index in [4.69, 9.17) is 9.26 Å². The van der Waals surface area contributed by atoms with Crippen LogP contribution in [-0.2, 0) is 17.9 Å². The van der Waals surface area contributed by atoms with Crippen molar-refractivity contribution in [3.8, 4) is 23.0 Å². The van der Waals surface area contributed by atoms with Gasteiger partial charge < -0.3 is 9.26 Å². The molecule has 0 amide bonds. The minimum Gasteiger partial charge on any atom is -0.365 e. The van der Waals surface area contributed by atoms with Crippen molar-refractivity contribution in [1.82, 2.24) is 25.1 Å². The molecule has 4 aromatic rings. The summed E-state index contributed by atoms with van der Waals surface area (Å²) in [6.45, 7) is 0.875. The van der Waals surface area contributed by atoms with E-state index in [1.54, 1.807) is 16.8 Å². The van der Waals surface area contributed by atoms with Crippen LogP contribution >= 0.6 is 15.9 Å². The normalized spacial score (nSPS) is 16.1. The lowest BCUT2D eigenvalue weighted by Crippen LogP contribution is -2.22. The topological polar surface area (TPSA) is 78.9 Å². The second-order valence-corrected chi connectivity index (χ2v) is 7.26. The molecular weight excluding hydrogens is 429 g/mol. The van der Waals surface area contributed by atoms with Gasteiger partial charge in [-0.3, -0.25) is 0 Å². The third-order valence-corrected chi connectivity index (χ3v) is 5.10. The summed E-state index contributed by atoms with van der Waals surface area (Å²) in [7, 11) is 0. The molecule has 2 aromatic heterocycles. The molecule has 0 unspecified atom stereocenters. The Balaban J connectivity index is 1.41. The average Bonchev–Trinajstić information content (AvgIpc) is 3.35. The predicted octanol–water partition coefficient (Wildman–Crippen LogP) is 4.17. The number of rotatable bonds is 3.